The number of nitriles is 1. The Morgan fingerprint density at radius 3 is 2.84 bits per heavy atom. The molecule has 0 unspecified atom stereocenters. The lowest BCUT2D eigenvalue weighted by Crippen LogP contribution is -2.20. The first-order chi connectivity index (χ1) is 15.0. The number of anilines is 1. The predicted molar refractivity (Wildman–Crippen MR) is 119 cm³/mol. The van der Waals surface area contributed by atoms with E-state index in [0.29, 0.717) is 28.3 Å². The molecule has 1 N–H and O–H groups in total. The number of benzene rings is 1. The van der Waals surface area contributed by atoms with Gasteiger partial charge in [0.1, 0.15) is 17.7 Å². The fourth-order valence-corrected chi connectivity index (χ4v) is 5.00. The zero-order chi connectivity index (χ0) is 22.0. The molecule has 1 fully saturated rings. The monoisotopic (exact) mass is 437 g/mol. The minimum Gasteiger partial charge on any atom is -0.327 e. The van der Waals surface area contributed by atoms with Gasteiger partial charge in [-0.05, 0) is 50.5 Å². The normalized spacial score (nSPS) is 14.0. The van der Waals surface area contributed by atoms with Crippen LogP contribution in [0.3, 0.4) is 0 Å². The summed E-state index contributed by atoms with van der Waals surface area (Å²) in [5.41, 5.74) is 3.13. The van der Waals surface area contributed by atoms with Gasteiger partial charge < -0.3 is 9.88 Å². The number of carbonyl (C=O) groups is 1. The lowest BCUT2D eigenvalue weighted by molar-refractivity contribution is -0.113. The molecule has 6 nitrogen and oxygen atoms in total. The molecule has 3 aromatic rings. The van der Waals surface area contributed by atoms with Gasteiger partial charge in [0.05, 0.1) is 17.0 Å². The largest absolute Gasteiger partial charge is 0.327 e. The van der Waals surface area contributed by atoms with Crippen LogP contribution in [-0.2, 0) is 4.79 Å². The van der Waals surface area contributed by atoms with Crippen molar-refractivity contribution in [2.24, 2.45) is 0 Å². The molecule has 4 rings (SSSR count). The molecule has 0 saturated heterocycles. The summed E-state index contributed by atoms with van der Waals surface area (Å²) >= 11 is 1.27. The Kier molecular flexibility index (Phi) is 6.14. The third-order valence-electron chi connectivity index (χ3n) is 5.84. The maximum Gasteiger partial charge on any atom is 0.235 e. The highest BCUT2D eigenvalue weighted by Crippen LogP contribution is 2.37. The molecule has 1 aliphatic rings. The van der Waals surface area contributed by atoms with Crippen molar-refractivity contribution in [1.82, 2.24) is 14.1 Å². The molecule has 8 heteroatoms. The zero-order valence-corrected chi connectivity index (χ0v) is 18.4. The maximum atomic E-state index is 13.6. The summed E-state index contributed by atoms with van der Waals surface area (Å²) in [5.74, 6) is 0.198. The Morgan fingerprint density at radius 2 is 2.13 bits per heavy atom. The van der Waals surface area contributed by atoms with Gasteiger partial charge >= 0.3 is 0 Å². The van der Waals surface area contributed by atoms with E-state index in [2.05, 4.69) is 20.9 Å². The maximum absolute atomic E-state index is 13.6. The van der Waals surface area contributed by atoms with E-state index in [1.165, 1.54) is 23.9 Å². The average Bonchev–Trinajstić information content (AvgIpc) is 3.48. The van der Waals surface area contributed by atoms with Crippen molar-refractivity contribution in [3.05, 3.63) is 59.3 Å². The Hall–Kier alpha value is -3.05. The molecule has 1 amide bonds. The second kappa shape index (κ2) is 8.98. The lowest BCUT2D eigenvalue weighted by Gasteiger charge is -2.19. The fourth-order valence-electron chi connectivity index (χ4n) is 4.22. The topological polar surface area (TPSA) is 75.6 Å². The number of nitrogens with one attached hydrogen (secondary N) is 1. The lowest BCUT2D eigenvalue weighted by atomic mass is 10.2. The van der Waals surface area contributed by atoms with Crippen molar-refractivity contribution < 1.29 is 9.18 Å². The van der Waals surface area contributed by atoms with Crippen LogP contribution in [0.15, 0.2) is 41.8 Å². The van der Waals surface area contributed by atoms with Gasteiger partial charge in [-0.1, -0.05) is 30.7 Å². The SMILES string of the molecule is Cc1c(C#N)c(NC(=O)CSc2nccn2-c2cccc(F)c2)n(C2CCCC2)c1C. The number of aromatic nitrogens is 3. The molecular formula is C23H24FN5OS. The summed E-state index contributed by atoms with van der Waals surface area (Å²) < 4.78 is 17.5. The number of thioether (sulfide) groups is 1. The van der Waals surface area contributed by atoms with Crippen LogP contribution in [0.2, 0.25) is 0 Å². The Labute approximate surface area is 185 Å². The quantitative estimate of drug-likeness (QED) is 0.541. The van der Waals surface area contributed by atoms with Gasteiger partial charge in [-0.2, -0.15) is 5.26 Å². The number of nitrogens with zero attached hydrogens (tertiary/aromatic N) is 4. The highest BCUT2D eigenvalue weighted by Gasteiger charge is 2.26. The highest BCUT2D eigenvalue weighted by atomic mass is 32.2. The molecule has 1 aliphatic carbocycles. The van der Waals surface area contributed by atoms with Crippen molar-refractivity contribution in [2.45, 2.75) is 50.7 Å². The average molecular weight is 438 g/mol. The third-order valence-corrected chi connectivity index (χ3v) is 6.81. The second-order valence-corrected chi connectivity index (χ2v) is 8.69. The van der Waals surface area contributed by atoms with E-state index in [1.807, 2.05) is 13.8 Å². The third kappa shape index (κ3) is 4.23. The first-order valence-electron chi connectivity index (χ1n) is 10.3. The van der Waals surface area contributed by atoms with Crippen LogP contribution in [0.25, 0.3) is 5.69 Å². The molecular weight excluding hydrogens is 413 g/mol. The van der Waals surface area contributed by atoms with E-state index in [9.17, 15) is 14.4 Å². The summed E-state index contributed by atoms with van der Waals surface area (Å²) in [5, 5.41) is 13.3. The van der Waals surface area contributed by atoms with E-state index in [0.717, 1.165) is 36.9 Å². The number of amides is 1. The molecule has 2 heterocycles. The van der Waals surface area contributed by atoms with Crippen LogP contribution in [0.4, 0.5) is 10.2 Å². The van der Waals surface area contributed by atoms with Crippen LogP contribution in [0, 0.1) is 31.0 Å². The first kappa shape index (κ1) is 21.2. The molecule has 1 aromatic carbocycles. The van der Waals surface area contributed by atoms with Gasteiger partial charge in [-0.15, -0.1) is 0 Å². The number of rotatable bonds is 6. The summed E-state index contributed by atoms with van der Waals surface area (Å²) in [6, 6.07) is 8.81. The van der Waals surface area contributed by atoms with Crippen molar-refractivity contribution in [3.8, 4) is 11.8 Å². The summed E-state index contributed by atoms with van der Waals surface area (Å²) in [4.78, 5) is 17.1. The summed E-state index contributed by atoms with van der Waals surface area (Å²) in [7, 11) is 0. The number of imidazole rings is 1. The Bertz CT molecular complexity index is 1150. The van der Waals surface area contributed by atoms with Gasteiger partial charge in [0.15, 0.2) is 5.16 Å². The van der Waals surface area contributed by atoms with Crippen molar-refractivity contribution in [2.75, 3.05) is 11.1 Å². The van der Waals surface area contributed by atoms with Crippen molar-refractivity contribution >= 4 is 23.5 Å². The molecule has 160 valence electrons. The Morgan fingerprint density at radius 1 is 1.35 bits per heavy atom. The highest BCUT2D eigenvalue weighted by molar-refractivity contribution is 7.99. The molecule has 1 saturated carbocycles. The number of carbonyl (C=O) groups excluding carboxylic acids is 1. The van der Waals surface area contributed by atoms with Crippen molar-refractivity contribution in [1.29, 1.82) is 5.26 Å². The van der Waals surface area contributed by atoms with Gasteiger partial charge in [0.2, 0.25) is 5.91 Å². The standard InChI is InChI=1S/C23H24FN5OS/c1-15-16(2)29(18-7-3-4-8-18)22(20(15)13-25)27-21(30)14-31-23-26-10-11-28(23)19-9-5-6-17(24)12-19/h5-6,9-12,18H,3-4,7-8,14H2,1-2H3,(H,27,30). The molecule has 0 atom stereocenters. The van der Waals surface area contributed by atoms with Gasteiger partial charge in [0.25, 0.3) is 0 Å². The fraction of sp³-hybridized carbons (Fsp3) is 0.348. The summed E-state index contributed by atoms with van der Waals surface area (Å²) in [6.07, 6.45) is 7.80. The van der Waals surface area contributed by atoms with E-state index in [4.69, 9.17) is 0 Å². The number of halogens is 1. The predicted octanol–water partition coefficient (Wildman–Crippen LogP) is 5.15. The van der Waals surface area contributed by atoms with E-state index in [1.54, 1.807) is 29.1 Å². The minimum atomic E-state index is -0.331. The molecule has 31 heavy (non-hydrogen) atoms. The number of hydrogen-bond donors (Lipinski definition) is 1. The molecule has 0 radical (unpaired) electrons. The van der Waals surface area contributed by atoms with Crippen LogP contribution in [0.5, 0.6) is 0 Å². The minimum absolute atomic E-state index is 0.130. The molecule has 0 bridgehead atoms. The molecule has 0 spiro atoms. The van der Waals surface area contributed by atoms with Crippen molar-refractivity contribution in [3.63, 3.8) is 0 Å². The Balaban J connectivity index is 1.52. The zero-order valence-electron chi connectivity index (χ0n) is 17.6. The van der Waals surface area contributed by atoms with Crippen LogP contribution >= 0.6 is 11.8 Å². The van der Waals surface area contributed by atoms with Gasteiger partial charge in [0, 0.05) is 24.1 Å². The molecule has 2 aromatic heterocycles. The number of hydrogen-bond acceptors (Lipinski definition) is 4. The smallest absolute Gasteiger partial charge is 0.235 e. The van der Waals surface area contributed by atoms with E-state index in [-0.39, 0.29) is 17.5 Å². The van der Waals surface area contributed by atoms with E-state index < -0.39 is 0 Å². The first-order valence-corrected chi connectivity index (χ1v) is 11.3. The van der Waals surface area contributed by atoms with Crippen LogP contribution < -0.4 is 5.32 Å². The molecule has 0 aliphatic heterocycles. The second-order valence-electron chi connectivity index (χ2n) is 7.75. The van der Waals surface area contributed by atoms with Gasteiger partial charge in [-0.25, -0.2) is 9.37 Å². The van der Waals surface area contributed by atoms with Gasteiger partial charge in [-0.3, -0.25) is 9.36 Å². The van der Waals surface area contributed by atoms with E-state index >= 15 is 0 Å². The van der Waals surface area contributed by atoms with Crippen LogP contribution in [0.1, 0.15) is 48.5 Å². The summed E-state index contributed by atoms with van der Waals surface area (Å²) in [6.45, 7) is 3.94. The van der Waals surface area contributed by atoms with Crippen LogP contribution in [-0.4, -0.2) is 25.8 Å².